The molecule has 0 N–H and O–H groups in total. The number of hydrogen-bond donors (Lipinski definition) is 0. The lowest BCUT2D eigenvalue weighted by atomic mass is 10.2. The summed E-state index contributed by atoms with van der Waals surface area (Å²) in [6.07, 6.45) is 1.76. The van der Waals surface area contributed by atoms with Crippen molar-refractivity contribution >= 4 is 41.0 Å². The number of benzene rings is 1. The van der Waals surface area contributed by atoms with Crippen LogP contribution in [0.25, 0.3) is 6.08 Å². The van der Waals surface area contributed by atoms with Gasteiger partial charge in [0.1, 0.15) is 10.9 Å². The van der Waals surface area contributed by atoms with Crippen molar-refractivity contribution in [2.75, 3.05) is 0 Å². The molecule has 0 bridgehead atoms. The molecule has 0 amide bonds. The summed E-state index contributed by atoms with van der Waals surface area (Å²) < 4.78 is 2.04. The zero-order valence-corrected chi connectivity index (χ0v) is 14.0. The van der Waals surface area contributed by atoms with Gasteiger partial charge in [0.15, 0.2) is 0 Å². The second kappa shape index (κ2) is 6.25. The van der Waals surface area contributed by atoms with Gasteiger partial charge >= 0.3 is 0 Å². The minimum absolute atomic E-state index is 0.340. The van der Waals surface area contributed by atoms with Crippen LogP contribution in [0.15, 0.2) is 34.7 Å². The van der Waals surface area contributed by atoms with Crippen LogP contribution in [0, 0.1) is 0 Å². The first-order valence-electron chi connectivity index (χ1n) is 6.25. The van der Waals surface area contributed by atoms with Crippen molar-refractivity contribution in [3.05, 3.63) is 46.3 Å². The quantitative estimate of drug-likeness (QED) is 0.723. The molecule has 0 aliphatic rings. The number of halogens is 2. The summed E-state index contributed by atoms with van der Waals surface area (Å²) in [7, 11) is 1.99. The van der Waals surface area contributed by atoms with Gasteiger partial charge in [-0.25, -0.2) is 4.98 Å². The van der Waals surface area contributed by atoms with Crippen LogP contribution in [0.3, 0.4) is 0 Å². The summed E-state index contributed by atoms with van der Waals surface area (Å²) in [4.78, 5) is 5.63. The molecule has 20 heavy (non-hydrogen) atoms. The highest BCUT2D eigenvalue weighted by molar-refractivity contribution is 7.99. The van der Waals surface area contributed by atoms with E-state index in [1.54, 1.807) is 23.9 Å². The van der Waals surface area contributed by atoms with Gasteiger partial charge in [-0.2, -0.15) is 0 Å². The number of nitrogens with zero attached hydrogens (tertiary/aromatic N) is 2. The molecule has 2 aromatic rings. The molecule has 0 spiro atoms. The molecular weight excluding hydrogens is 311 g/mol. The van der Waals surface area contributed by atoms with Gasteiger partial charge in [0.05, 0.1) is 5.69 Å². The van der Waals surface area contributed by atoms with Crippen LogP contribution >= 0.6 is 35.0 Å². The lowest BCUT2D eigenvalue weighted by Crippen LogP contribution is -1.95. The lowest BCUT2D eigenvalue weighted by molar-refractivity contribution is 0.762. The predicted molar refractivity (Wildman–Crippen MR) is 88.0 cm³/mol. The highest BCUT2D eigenvalue weighted by atomic mass is 35.5. The molecule has 106 valence electrons. The van der Waals surface area contributed by atoms with Crippen LogP contribution in [-0.4, -0.2) is 9.55 Å². The smallest absolute Gasteiger partial charge is 0.132 e. The third-order valence-electron chi connectivity index (χ3n) is 2.88. The number of hydrogen-bond acceptors (Lipinski definition) is 2. The summed E-state index contributed by atoms with van der Waals surface area (Å²) in [5, 5.41) is 2.36. The van der Waals surface area contributed by atoms with E-state index in [0.717, 1.165) is 21.4 Å². The van der Waals surface area contributed by atoms with Crippen LogP contribution in [-0.2, 0) is 7.05 Å². The van der Waals surface area contributed by atoms with E-state index in [0.29, 0.717) is 16.0 Å². The molecule has 0 saturated carbocycles. The van der Waals surface area contributed by atoms with Crippen LogP contribution < -0.4 is 0 Å². The molecule has 2 nitrogen and oxygen atoms in total. The van der Waals surface area contributed by atoms with Crippen molar-refractivity contribution in [2.24, 2.45) is 7.05 Å². The fourth-order valence-electron chi connectivity index (χ4n) is 1.90. The Morgan fingerprint density at radius 2 is 1.85 bits per heavy atom. The number of aromatic nitrogens is 2. The van der Waals surface area contributed by atoms with Gasteiger partial charge in [0, 0.05) is 22.0 Å². The second-order valence-corrected chi connectivity index (χ2v) is 6.72. The van der Waals surface area contributed by atoms with Crippen LogP contribution in [0.1, 0.15) is 31.3 Å². The Balaban J connectivity index is 2.46. The standard InChI is InChI=1S/C15H16Cl2N2S/c1-5-13-18-14(9(2)3)15(19(13)4)20-12-7-10(16)6-11(17)8-12/h5-9H,1H2,2-4H3. The third-order valence-corrected chi connectivity index (χ3v) is 4.47. The largest absolute Gasteiger partial charge is 0.322 e. The Hall–Kier alpha value is -0.900. The Morgan fingerprint density at radius 3 is 2.35 bits per heavy atom. The monoisotopic (exact) mass is 326 g/mol. The van der Waals surface area contributed by atoms with E-state index in [9.17, 15) is 0 Å². The van der Waals surface area contributed by atoms with E-state index in [-0.39, 0.29) is 0 Å². The highest BCUT2D eigenvalue weighted by Crippen LogP contribution is 2.36. The molecule has 1 aromatic carbocycles. The topological polar surface area (TPSA) is 17.8 Å². The summed E-state index contributed by atoms with van der Waals surface area (Å²) in [6.45, 7) is 8.06. The van der Waals surface area contributed by atoms with Crippen molar-refractivity contribution < 1.29 is 0 Å². The van der Waals surface area contributed by atoms with E-state index in [1.807, 2.05) is 23.7 Å². The summed E-state index contributed by atoms with van der Waals surface area (Å²) in [5.74, 6) is 1.20. The van der Waals surface area contributed by atoms with Crippen molar-refractivity contribution in [3.8, 4) is 0 Å². The Morgan fingerprint density at radius 1 is 1.25 bits per heavy atom. The fourth-order valence-corrected chi connectivity index (χ4v) is 3.77. The molecule has 5 heteroatoms. The maximum absolute atomic E-state index is 6.05. The molecule has 0 unspecified atom stereocenters. The summed E-state index contributed by atoms with van der Waals surface area (Å²) in [6, 6.07) is 5.54. The Bertz CT molecular complexity index is 627. The van der Waals surface area contributed by atoms with E-state index in [4.69, 9.17) is 23.2 Å². The third kappa shape index (κ3) is 3.22. The maximum atomic E-state index is 6.05. The first-order chi connectivity index (χ1) is 9.42. The molecule has 0 aliphatic heterocycles. The average Bonchev–Trinajstić information content (AvgIpc) is 2.65. The zero-order valence-electron chi connectivity index (χ0n) is 11.7. The van der Waals surface area contributed by atoms with E-state index in [2.05, 4.69) is 25.4 Å². The number of imidazole rings is 1. The van der Waals surface area contributed by atoms with Crippen molar-refractivity contribution in [1.82, 2.24) is 9.55 Å². The van der Waals surface area contributed by atoms with Crippen molar-refractivity contribution in [1.29, 1.82) is 0 Å². The molecule has 0 atom stereocenters. The van der Waals surface area contributed by atoms with Gasteiger partial charge in [0.25, 0.3) is 0 Å². The normalized spacial score (nSPS) is 11.1. The SMILES string of the molecule is C=Cc1nc(C(C)C)c(Sc2cc(Cl)cc(Cl)c2)n1C. The fraction of sp³-hybridized carbons (Fsp3) is 0.267. The minimum Gasteiger partial charge on any atom is -0.322 e. The first kappa shape index (κ1) is 15.5. The van der Waals surface area contributed by atoms with E-state index in [1.165, 1.54) is 0 Å². The van der Waals surface area contributed by atoms with E-state index >= 15 is 0 Å². The van der Waals surface area contributed by atoms with Crippen LogP contribution in [0.2, 0.25) is 10.0 Å². The highest BCUT2D eigenvalue weighted by Gasteiger charge is 2.17. The molecule has 0 saturated heterocycles. The molecule has 1 aromatic heterocycles. The first-order valence-corrected chi connectivity index (χ1v) is 7.82. The predicted octanol–water partition coefficient (Wildman–Crippen LogP) is 5.64. The minimum atomic E-state index is 0.340. The van der Waals surface area contributed by atoms with Crippen molar-refractivity contribution in [3.63, 3.8) is 0 Å². The molecule has 0 fully saturated rings. The second-order valence-electron chi connectivity index (χ2n) is 4.79. The Kier molecular flexibility index (Phi) is 4.84. The van der Waals surface area contributed by atoms with Crippen LogP contribution in [0.4, 0.5) is 0 Å². The number of rotatable bonds is 4. The van der Waals surface area contributed by atoms with Crippen molar-refractivity contribution in [2.45, 2.75) is 29.7 Å². The van der Waals surface area contributed by atoms with E-state index < -0.39 is 0 Å². The molecule has 1 heterocycles. The van der Waals surface area contributed by atoms with Crippen LogP contribution in [0.5, 0.6) is 0 Å². The molecular formula is C15H16Cl2N2S. The molecule has 2 rings (SSSR count). The maximum Gasteiger partial charge on any atom is 0.132 e. The summed E-state index contributed by atoms with van der Waals surface area (Å²) in [5.41, 5.74) is 1.06. The lowest BCUT2D eigenvalue weighted by Gasteiger charge is -2.09. The van der Waals surface area contributed by atoms with Gasteiger partial charge < -0.3 is 4.57 Å². The Labute approximate surface area is 133 Å². The van der Waals surface area contributed by atoms with Gasteiger partial charge in [-0.15, -0.1) is 0 Å². The van der Waals surface area contributed by atoms with Gasteiger partial charge in [0.2, 0.25) is 0 Å². The average molecular weight is 327 g/mol. The zero-order chi connectivity index (χ0) is 14.9. The van der Waals surface area contributed by atoms with Gasteiger partial charge in [-0.1, -0.05) is 55.4 Å². The van der Waals surface area contributed by atoms with Gasteiger partial charge in [-0.05, 0) is 30.2 Å². The molecule has 0 radical (unpaired) electrons. The van der Waals surface area contributed by atoms with Gasteiger partial charge in [-0.3, -0.25) is 0 Å². The summed E-state index contributed by atoms with van der Waals surface area (Å²) >= 11 is 13.7. The molecule has 0 aliphatic carbocycles.